The smallest absolute Gasteiger partial charge is 0.0113 e. The zero-order chi connectivity index (χ0) is 9.47. The fraction of sp³-hybridized carbons (Fsp3) is 0.667. The summed E-state index contributed by atoms with van der Waals surface area (Å²) in [6.07, 6.45) is 4.08. The first kappa shape index (κ1) is 9.26. The van der Waals surface area contributed by atoms with E-state index in [4.69, 9.17) is 0 Å². The van der Waals surface area contributed by atoms with Gasteiger partial charge in [-0.25, -0.2) is 0 Å². The van der Waals surface area contributed by atoms with Gasteiger partial charge in [-0.1, -0.05) is 20.8 Å². The van der Waals surface area contributed by atoms with Crippen LogP contribution in [0.15, 0.2) is 11.4 Å². The zero-order valence-electron chi connectivity index (χ0n) is 8.76. The minimum atomic E-state index is 0.444. The van der Waals surface area contributed by atoms with Crippen molar-refractivity contribution < 1.29 is 0 Å². The van der Waals surface area contributed by atoms with Gasteiger partial charge in [0, 0.05) is 4.88 Å². The summed E-state index contributed by atoms with van der Waals surface area (Å²) in [5.41, 5.74) is 2.07. The topological polar surface area (TPSA) is 0 Å². The lowest BCUT2D eigenvalue weighted by Gasteiger charge is -2.33. The van der Waals surface area contributed by atoms with Gasteiger partial charge in [-0.15, -0.1) is 11.3 Å². The molecule has 0 fully saturated rings. The van der Waals surface area contributed by atoms with Crippen molar-refractivity contribution >= 4 is 11.3 Å². The molecule has 0 N–H and O–H groups in total. The predicted molar refractivity (Wildman–Crippen MR) is 59.5 cm³/mol. The Morgan fingerprint density at radius 2 is 2.15 bits per heavy atom. The number of aryl methyl sites for hydroxylation is 1. The van der Waals surface area contributed by atoms with Crippen molar-refractivity contribution in [2.24, 2.45) is 5.41 Å². The molecule has 1 aliphatic rings. The molecule has 0 spiro atoms. The maximum Gasteiger partial charge on any atom is 0.0113 e. The summed E-state index contributed by atoms with van der Waals surface area (Å²) in [5, 5.41) is 2.26. The number of hydrogen-bond acceptors (Lipinski definition) is 1. The minimum Gasteiger partial charge on any atom is -0.148 e. The summed E-state index contributed by atoms with van der Waals surface area (Å²) < 4.78 is 0. The van der Waals surface area contributed by atoms with Crippen molar-refractivity contribution in [1.29, 1.82) is 0 Å². The molecule has 1 heteroatoms. The lowest BCUT2D eigenvalue weighted by molar-refractivity contribution is 0.294. The lowest BCUT2D eigenvalue weighted by Crippen LogP contribution is -2.21. The number of fused-ring (bicyclic) bond motifs is 1. The molecule has 0 aromatic carbocycles. The Morgan fingerprint density at radius 3 is 2.85 bits per heavy atom. The van der Waals surface area contributed by atoms with E-state index < -0.39 is 0 Å². The molecule has 72 valence electrons. The van der Waals surface area contributed by atoms with Crippen molar-refractivity contribution in [1.82, 2.24) is 0 Å². The van der Waals surface area contributed by atoms with E-state index in [9.17, 15) is 0 Å². The third-order valence-corrected chi connectivity index (χ3v) is 4.15. The molecule has 1 aliphatic carbocycles. The first-order chi connectivity index (χ1) is 6.09. The van der Waals surface area contributed by atoms with Gasteiger partial charge in [0.05, 0.1) is 0 Å². The molecule has 0 radical (unpaired) electrons. The minimum absolute atomic E-state index is 0.444. The van der Waals surface area contributed by atoms with Crippen LogP contribution < -0.4 is 0 Å². The molecule has 2 rings (SSSR count). The maximum absolute atomic E-state index is 2.37. The predicted octanol–water partition coefficient (Wildman–Crippen LogP) is 4.21. The SMILES string of the molecule is CC(C)(C)C1CCCc2ccsc21. The van der Waals surface area contributed by atoms with Gasteiger partial charge in [-0.2, -0.15) is 0 Å². The van der Waals surface area contributed by atoms with Gasteiger partial charge in [0.2, 0.25) is 0 Å². The molecule has 13 heavy (non-hydrogen) atoms. The normalized spacial score (nSPS) is 22.8. The van der Waals surface area contributed by atoms with Gasteiger partial charge in [0.15, 0.2) is 0 Å². The third kappa shape index (κ3) is 1.67. The van der Waals surface area contributed by atoms with Crippen molar-refractivity contribution in [3.8, 4) is 0 Å². The molecule has 1 aromatic heterocycles. The Hall–Kier alpha value is -0.300. The summed E-state index contributed by atoms with van der Waals surface area (Å²) in [7, 11) is 0. The highest BCUT2D eigenvalue weighted by molar-refractivity contribution is 7.10. The molecule has 0 saturated carbocycles. The van der Waals surface area contributed by atoms with E-state index >= 15 is 0 Å². The van der Waals surface area contributed by atoms with E-state index in [0.717, 1.165) is 5.92 Å². The van der Waals surface area contributed by atoms with Crippen LogP contribution in [0.5, 0.6) is 0 Å². The highest BCUT2D eigenvalue weighted by atomic mass is 32.1. The van der Waals surface area contributed by atoms with E-state index in [-0.39, 0.29) is 0 Å². The molecule has 1 aromatic rings. The Bertz CT molecular complexity index is 290. The molecule has 0 nitrogen and oxygen atoms in total. The lowest BCUT2D eigenvalue weighted by atomic mass is 9.73. The molecule has 1 atom stereocenters. The van der Waals surface area contributed by atoms with E-state index in [2.05, 4.69) is 32.2 Å². The van der Waals surface area contributed by atoms with E-state index in [1.165, 1.54) is 19.3 Å². The molecule has 0 bridgehead atoms. The van der Waals surface area contributed by atoms with E-state index in [1.807, 2.05) is 11.3 Å². The Balaban J connectivity index is 2.35. The van der Waals surface area contributed by atoms with Crippen LogP contribution in [0.1, 0.15) is 50.0 Å². The molecular weight excluding hydrogens is 176 g/mol. The van der Waals surface area contributed by atoms with Crippen molar-refractivity contribution in [2.45, 2.75) is 46.0 Å². The average molecular weight is 194 g/mol. The van der Waals surface area contributed by atoms with Crippen LogP contribution >= 0.6 is 11.3 Å². The van der Waals surface area contributed by atoms with Crippen molar-refractivity contribution in [2.75, 3.05) is 0 Å². The molecular formula is C12H18S. The monoisotopic (exact) mass is 194 g/mol. The van der Waals surface area contributed by atoms with Gasteiger partial charge >= 0.3 is 0 Å². The van der Waals surface area contributed by atoms with Crippen LogP contribution in [0.4, 0.5) is 0 Å². The fourth-order valence-electron chi connectivity index (χ4n) is 2.31. The van der Waals surface area contributed by atoms with Crippen LogP contribution in [0, 0.1) is 5.41 Å². The van der Waals surface area contributed by atoms with Crippen molar-refractivity contribution in [3.63, 3.8) is 0 Å². The number of hydrogen-bond donors (Lipinski definition) is 0. The van der Waals surface area contributed by atoms with Crippen LogP contribution in [0.3, 0.4) is 0 Å². The molecule has 0 saturated heterocycles. The average Bonchev–Trinajstić information content (AvgIpc) is 2.48. The summed E-state index contributed by atoms with van der Waals surface area (Å²) in [6.45, 7) is 7.10. The number of thiophene rings is 1. The van der Waals surface area contributed by atoms with Gasteiger partial charge in [-0.05, 0) is 47.6 Å². The first-order valence-corrected chi connectivity index (χ1v) is 6.03. The summed E-state index contributed by atoms with van der Waals surface area (Å²) in [4.78, 5) is 1.67. The van der Waals surface area contributed by atoms with Crippen LogP contribution in [0.25, 0.3) is 0 Å². The van der Waals surface area contributed by atoms with Crippen LogP contribution in [-0.2, 0) is 6.42 Å². The highest BCUT2D eigenvalue weighted by Gasteiger charge is 2.30. The Morgan fingerprint density at radius 1 is 1.38 bits per heavy atom. The molecule has 1 unspecified atom stereocenters. The third-order valence-electron chi connectivity index (χ3n) is 3.08. The van der Waals surface area contributed by atoms with Gasteiger partial charge in [0.1, 0.15) is 0 Å². The standard InChI is InChI=1S/C12H18S/c1-12(2,3)10-6-4-5-9-7-8-13-11(9)10/h7-8,10H,4-6H2,1-3H3. The quantitative estimate of drug-likeness (QED) is 0.580. The molecule has 0 aliphatic heterocycles. The summed E-state index contributed by atoms with van der Waals surface area (Å²) in [5.74, 6) is 0.802. The fourth-order valence-corrected chi connectivity index (χ4v) is 3.65. The van der Waals surface area contributed by atoms with Gasteiger partial charge in [0.25, 0.3) is 0 Å². The zero-order valence-corrected chi connectivity index (χ0v) is 9.58. The Kier molecular flexibility index (Phi) is 2.23. The van der Waals surface area contributed by atoms with E-state index in [1.54, 1.807) is 10.4 Å². The van der Waals surface area contributed by atoms with Gasteiger partial charge in [-0.3, -0.25) is 0 Å². The Labute approximate surface area is 85.0 Å². The summed E-state index contributed by atoms with van der Waals surface area (Å²) >= 11 is 1.96. The summed E-state index contributed by atoms with van der Waals surface area (Å²) in [6, 6.07) is 2.32. The first-order valence-electron chi connectivity index (χ1n) is 5.15. The second-order valence-electron chi connectivity index (χ2n) is 5.12. The van der Waals surface area contributed by atoms with Crippen molar-refractivity contribution in [3.05, 3.63) is 21.9 Å². The maximum atomic E-state index is 2.37. The second-order valence-corrected chi connectivity index (χ2v) is 6.07. The van der Waals surface area contributed by atoms with Crippen LogP contribution in [-0.4, -0.2) is 0 Å². The van der Waals surface area contributed by atoms with E-state index in [0.29, 0.717) is 5.41 Å². The molecule has 0 amide bonds. The highest BCUT2D eigenvalue weighted by Crippen LogP contribution is 2.45. The van der Waals surface area contributed by atoms with Crippen LogP contribution in [0.2, 0.25) is 0 Å². The largest absolute Gasteiger partial charge is 0.148 e. The molecule has 1 heterocycles. The second kappa shape index (κ2) is 3.13. The number of rotatable bonds is 0. The van der Waals surface area contributed by atoms with Gasteiger partial charge < -0.3 is 0 Å².